The molecular formula is C23H23ClN2O5S. The minimum absolute atomic E-state index is 0.293. The number of rotatable bonds is 9. The quantitative estimate of drug-likeness (QED) is 0.414. The van der Waals surface area contributed by atoms with Gasteiger partial charge >= 0.3 is 0 Å². The number of halogens is 1. The fourth-order valence-corrected chi connectivity index (χ4v) is 4.07. The lowest BCUT2D eigenvalue weighted by Crippen LogP contribution is -2.12. The van der Waals surface area contributed by atoms with Crippen molar-refractivity contribution in [2.24, 2.45) is 0 Å². The third-order valence-electron chi connectivity index (χ3n) is 4.45. The fraction of sp³-hybridized carbons (Fsp3) is 0.217. The van der Waals surface area contributed by atoms with Crippen molar-refractivity contribution in [3.05, 3.63) is 69.6 Å². The summed E-state index contributed by atoms with van der Waals surface area (Å²) in [5.74, 6) is 0.421. The predicted molar refractivity (Wildman–Crippen MR) is 127 cm³/mol. The molecule has 9 heteroatoms. The molecule has 168 valence electrons. The van der Waals surface area contributed by atoms with Gasteiger partial charge in [-0.15, -0.1) is 11.3 Å². The molecule has 0 saturated carbocycles. The average Bonchev–Trinajstić information content (AvgIpc) is 3.14. The zero-order chi connectivity index (χ0) is 23.1. The van der Waals surface area contributed by atoms with Gasteiger partial charge in [0.15, 0.2) is 11.5 Å². The van der Waals surface area contributed by atoms with Crippen molar-refractivity contribution < 1.29 is 23.8 Å². The van der Waals surface area contributed by atoms with Crippen LogP contribution in [0.25, 0.3) is 0 Å². The molecule has 2 N–H and O–H groups in total. The van der Waals surface area contributed by atoms with E-state index in [4.69, 9.17) is 25.8 Å². The minimum atomic E-state index is -0.336. The molecule has 2 aromatic carbocycles. The number of benzene rings is 2. The Morgan fingerprint density at radius 2 is 1.75 bits per heavy atom. The summed E-state index contributed by atoms with van der Waals surface area (Å²) in [4.78, 5) is 25.8. The van der Waals surface area contributed by atoms with Crippen LogP contribution >= 0.6 is 22.9 Å². The van der Waals surface area contributed by atoms with Crippen molar-refractivity contribution >= 4 is 45.4 Å². The van der Waals surface area contributed by atoms with Gasteiger partial charge in [-0.05, 0) is 42.8 Å². The van der Waals surface area contributed by atoms with Crippen LogP contribution in [0.3, 0.4) is 0 Å². The highest BCUT2D eigenvalue weighted by atomic mass is 35.5. The van der Waals surface area contributed by atoms with E-state index in [9.17, 15) is 9.59 Å². The molecule has 32 heavy (non-hydrogen) atoms. The Kier molecular flexibility index (Phi) is 8.10. The molecule has 3 rings (SSSR count). The summed E-state index contributed by atoms with van der Waals surface area (Å²) >= 11 is 7.27. The van der Waals surface area contributed by atoms with Crippen LogP contribution in [-0.2, 0) is 4.74 Å². The first kappa shape index (κ1) is 23.6. The third-order valence-corrected chi connectivity index (χ3v) is 5.93. The van der Waals surface area contributed by atoms with Gasteiger partial charge in [0.1, 0.15) is 6.61 Å². The molecule has 0 aliphatic heterocycles. The number of carbonyl (C=O) groups is 2. The van der Waals surface area contributed by atoms with E-state index >= 15 is 0 Å². The maximum atomic E-state index is 12.9. The zero-order valence-corrected chi connectivity index (χ0v) is 19.4. The number of hydrogen-bond acceptors (Lipinski definition) is 6. The fourth-order valence-electron chi connectivity index (χ4n) is 2.88. The lowest BCUT2D eigenvalue weighted by Gasteiger charge is -2.12. The van der Waals surface area contributed by atoms with Gasteiger partial charge in [-0.1, -0.05) is 23.7 Å². The molecule has 0 unspecified atom stereocenters. The van der Waals surface area contributed by atoms with E-state index in [1.807, 2.05) is 6.92 Å². The van der Waals surface area contributed by atoms with Crippen molar-refractivity contribution in [2.45, 2.75) is 6.92 Å². The van der Waals surface area contributed by atoms with E-state index in [0.717, 1.165) is 5.56 Å². The van der Waals surface area contributed by atoms with Crippen LogP contribution in [0.2, 0.25) is 5.02 Å². The van der Waals surface area contributed by atoms with Gasteiger partial charge in [0.2, 0.25) is 0 Å². The van der Waals surface area contributed by atoms with E-state index in [2.05, 4.69) is 10.6 Å². The molecule has 0 radical (unpaired) electrons. The molecule has 0 aliphatic rings. The van der Waals surface area contributed by atoms with Crippen molar-refractivity contribution in [1.82, 2.24) is 0 Å². The maximum absolute atomic E-state index is 12.9. The lowest BCUT2D eigenvalue weighted by atomic mass is 10.2. The van der Waals surface area contributed by atoms with Gasteiger partial charge in [-0.25, -0.2) is 0 Å². The standard InChI is InChI=1S/C23H23ClN2O5S/c1-14-12-20(26-22(27)16-6-4-5-7-17(16)24)32-21(14)23(28)25-15-8-9-18(30-3)19(13-15)31-11-10-29-2/h4-9,12-13H,10-11H2,1-3H3,(H,25,28)(H,26,27). The summed E-state index contributed by atoms with van der Waals surface area (Å²) in [6, 6.07) is 13.7. The maximum Gasteiger partial charge on any atom is 0.266 e. The van der Waals surface area contributed by atoms with E-state index < -0.39 is 0 Å². The number of hydrogen-bond donors (Lipinski definition) is 2. The summed E-state index contributed by atoms with van der Waals surface area (Å²) in [6.07, 6.45) is 0. The van der Waals surface area contributed by atoms with Gasteiger partial charge in [0.25, 0.3) is 11.8 Å². The highest BCUT2D eigenvalue weighted by Gasteiger charge is 2.17. The normalized spacial score (nSPS) is 10.5. The van der Waals surface area contributed by atoms with Gasteiger partial charge < -0.3 is 24.8 Å². The first-order valence-electron chi connectivity index (χ1n) is 9.70. The molecule has 0 aliphatic carbocycles. The number of nitrogens with one attached hydrogen (secondary N) is 2. The van der Waals surface area contributed by atoms with Crippen LogP contribution in [-0.4, -0.2) is 39.2 Å². The van der Waals surface area contributed by atoms with Crippen molar-refractivity contribution in [3.8, 4) is 11.5 Å². The van der Waals surface area contributed by atoms with Crippen molar-refractivity contribution in [3.63, 3.8) is 0 Å². The van der Waals surface area contributed by atoms with Gasteiger partial charge in [-0.2, -0.15) is 0 Å². The van der Waals surface area contributed by atoms with E-state index in [1.165, 1.54) is 11.3 Å². The molecule has 0 atom stereocenters. The Bertz CT molecular complexity index is 1120. The number of carbonyl (C=O) groups excluding carboxylic acids is 2. The van der Waals surface area contributed by atoms with Crippen LogP contribution in [0.1, 0.15) is 25.6 Å². The molecule has 3 aromatic rings. The van der Waals surface area contributed by atoms with Crippen LogP contribution in [0, 0.1) is 6.92 Å². The Balaban J connectivity index is 1.72. The van der Waals surface area contributed by atoms with Crippen LogP contribution in [0.15, 0.2) is 48.5 Å². The molecule has 1 heterocycles. The number of aryl methyl sites for hydroxylation is 1. The number of ether oxygens (including phenoxy) is 3. The largest absolute Gasteiger partial charge is 0.493 e. The molecule has 0 spiro atoms. The summed E-state index contributed by atoms with van der Waals surface area (Å²) in [5.41, 5.74) is 1.66. The third kappa shape index (κ3) is 5.79. The smallest absolute Gasteiger partial charge is 0.266 e. The van der Waals surface area contributed by atoms with Crippen LogP contribution in [0.5, 0.6) is 11.5 Å². The zero-order valence-electron chi connectivity index (χ0n) is 17.9. The van der Waals surface area contributed by atoms with Crippen LogP contribution < -0.4 is 20.1 Å². The van der Waals surface area contributed by atoms with E-state index in [-0.39, 0.29) is 11.8 Å². The highest BCUT2D eigenvalue weighted by molar-refractivity contribution is 7.18. The predicted octanol–water partition coefficient (Wildman–Crippen LogP) is 5.25. The molecule has 0 bridgehead atoms. The SMILES string of the molecule is COCCOc1cc(NC(=O)c2sc(NC(=O)c3ccccc3Cl)cc2C)ccc1OC. The summed E-state index contributed by atoms with van der Waals surface area (Å²) in [7, 11) is 3.13. The second-order valence-corrected chi connectivity index (χ2v) is 8.18. The monoisotopic (exact) mass is 474 g/mol. The molecular weight excluding hydrogens is 452 g/mol. The van der Waals surface area contributed by atoms with E-state index in [0.29, 0.717) is 50.9 Å². The Hall–Kier alpha value is -3.07. The first-order chi connectivity index (χ1) is 15.4. The van der Waals surface area contributed by atoms with E-state index in [1.54, 1.807) is 62.8 Å². The number of anilines is 2. The molecule has 7 nitrogen and oxygen atoms in total. The van der Waals surface area contributed by atoms with Gasteiger partial charge in [-0.3, -0.25) is 9.59 Å². The Morgan fingerprint density at radius 1 is 0.969 bits per heavy atom. The average molecular weight is 475 g/mol. The van der Waals surface area contributed by atoms with Gasteiger partial charge in [0.05, 0.1) is 34.2 Å². The summed E-state index contributed by atoms with van der Waals surface area (Å²) in [6.45, 7) is 2.59. The minimum Gasteiger partial charge on any atom is -0.493 e. The summed E-state index contributed by atoms with van der Waals surface area (Å²) in [5, 5.41) is 6.57. The molecule has 0 saturated heterocycles. The number of thiophene rings is 1. The Labute approximate surface area is 195 Å². The van der Waals surface area contributed by atoms with Crippen molar-refractivity contribution in [1.29, 1.82) is 0 Å². The number of methoxy groups -OCH3 is 2. The summed E-state index contributed by atoms with van der Waals surface area (Å²) < 4.78 is 16.0. The molecule has 0 fully saturated rings. The highest BCUT2D eigenvalue weighted by Crippen LogP contribution is 2.32. The first-order valence-corrected chi connectivity index (χ1v) is 10.9. The van der Waals surface area contributed by atoms with Crippen LogP contribution in [0.4, 0.5) is 10.7 Å². The topological polar surface area (TPSA) is 85.9 Å². The molecule has 1 aromatic heterocycles. The Morgan fingerprint density at radius 3 is 2.47 bits per heavy atom. The van der Waals surface area contributed by atoms with Crippen molar-refractivity contribution in [2.75, 3.05) is 38.1 Å². The second-order valence-electron chi connectivity index (χ2n) is 6.72. The van der Waals surface area contributed by atoms with Gasteiger partial charge in [0, 0.05) is 18.9 Å². The number of amides is 2. The lowest BCUT2D eigenvalue weighted by molar-refractivity contribution is 0.102. The molecule has 2 amide bonds. The second kappa shape index (κ2) is 11.0.